The fourth-order valence-corrected chi connectivity index (χ4v) is 2.40. The first-order chi connectivity index (χ1) is 10.2. The SMILES string of the molecule is I.NC(=NCCc1cccs1)NCCOc1cccc(F)c1. The summed E-state index contributed by atoms with van der Waals surface area (Å²) in [5.41, 5.74) is 5.74. The van der Waals surface area contributed by atoms with E-state index in [0.717, 1.165) is 6.42 Å². The van der Waals surface area contributed by atoms with Crippen molar-refractivity contribution in [3.8, 4) is 5.75 Å². The van der Waals surface area contributed by atoms with E-state index in [1.54, 1.807) is 23.5 Å². The van der Waals surface area contributed by atoms with Crippen LogP contribution in [-0.2, 0) is 6.42 Å². The molecule has 0 radical (unpaired) electrons. The highest BCUT2D eigenvalue weighted by atomic mass is 127. The van der Waals surface area contributed by atoms with Crippen molar-refractivity contribution in [2.24, 2.45) is 10.7 Å². The molecule has 1 aromatic heterocycles. The lowest BCUT2D eigenvalue weighted by molar-refractivity contribution is 0.320. The molecule has 1 aromatic carbocycles. The van der Waals surface area contributed by atoms with E-state index < -0.39 is 0 Å². The van der Waals surface area contributed by atoms with Crippen molar-refractivity contribution in [1.29, 1.82) is 0 Å². The van der Waals surface area contributed by atoms with Crippen molar-refractivity contribution < 1.29 is 9.13 Å². The van der Waals surface area contributed by atoms with Crippen LogP contribution in [0.15, 0.2) is 46.8 Å². The van der Waals surface area contributed by atoms with Crippen molar-refractivity contribution in [3.05, 3.63) is 52.5 Å². The van der Waals surface area contributed by atoms with Gasteiger partial charge in [-0.25, -0.2) is 4.39 Å². The topological polar surface area (TPSA) is 59.6 Å². The second kappa shape index (κ2) is 10.4. The molecule has 0 amide bonds. The molecule has 22 heavy (non-hydrogen) atoms. The third-order valence-electron chi connectivity index (χ3n) is 2.69. The van der Waals surface area contributed by atoms with E-state index >= 15 is 0 Å². The smallest absolute Gasteiger partial charge is 0.188 e. The Morgan fingerprint density at radius 1 is 1.32 bits per heavy atom. The fourth-order valence-electron chi connectivity index (χ4n) is 1.70. The monoisotopic (exact) mass is 435 g/mol. The predicted octanol–water partition coefficient (Wildman–Crippen LogP) is 3.03. The quantitative estimate of drug-likeness (QED) is 0.304. The number of halogens is 2. The maximum absolute atomic E-state index is 12.9. The predicted molar refractivity (Wildman–Crippen MR) is 99.8 cm³/mol. The summed E-state index contributed by atoms with van der Waals surface area (Å²) in [6.07, 6.45) is 0.889. The van der Waals surface area contributed by atoms with Crippen molar-refractivity contribution in [1.82, 2.24) is 5.32 Å². The summed E-state index contributed by atoms with van der Waals surface area (Å²) >= 11 is 1.71. The number of hydrogen-bond donors (Lipinski definition) is 2. The minimum Gasteiger partial charge on any atom is -0.492 e. The molecule has 1 heterocycles. The molecule has 0 bridgehead atoms. The molecule has 0 aliphatic carbocycles. The molecule has 0 fully saturated rings. The number of nitrogens with zero attached hydrogens (tertiary/aromatic N) is 1. The zero-order valence-electron chi connectivity index (χ0n) is 12.0. The Morgan fingerprint density at radius 3 is 2.91 bits per heavy atom. The van der Waals surface area contributed by atoms with Crippen LogP contribution in [0.3, 0.4) is 0 Å². The molecule has 2 rings (SSSR count). The van der Waals surface area contributed by atoms with Gasteiger partial charge in [0.25, 0.3) is 0 Å². The van der Waals surface area contributed by atoms with Crippen molar-refractivity contribution in [3.63, 3.8) is 0 Å². The first kappa shape index (κ1) is 18.7. The van der Waals surface area contributed by atoms with Crippen LogP contribution in [-0.4, -0.2) is 25.7 Å². The van der Waals surface area contributed by atoms with Crippen LogP contribution in [0.1, 0.15) is 4.88 Å². The van der Waals surface area contributed by atoms with Crippen LogP contribution in [0, 0.1) is 5.82 Å². The molecule has 2 aromatic rings. The number of aliphatic imine (C=N–C) groups is 1. The number of benzene rings is 1. The average Bonchev–Trinajstić information content (AvgIpc) is 2.97. The lowest BCUT2D eigenvalue weighted by Crippen LogP contribution is -2.34. The van der Waals surface area contributed by atoms with Crippen LogP contribution < -0.4 is 15.8 Å². The number of rotatable bonds is 7. The zero-order chi connectivity index (χ0) is 14.9. The van der Waals surface area contributed by atoms with E-state index in [0.29, 0.717) is 31.4 Å². The number of thiophene rings is 1. The highest BCUT2D eigenvalue weighted by Crippen LogP contribution is 2.11. The van der Waals surface area contributed by atoms with Gasteiger partial charge in [0.15, 0.2) is 5.96 Å². The Labute approximate surface area is 150 Å². The Balaban J connectivity index is 0.00000242. The summed E-state index contributed by atoms with van der Waals surface area (Å²) in [4.78, 5) is 5.52. The maximum Gasteiger partial charge on any atom is 0.188 e. The van der Waals surface area contributed by atoms with E-state index in [4.69, 9.17) is 10.5 Å². The number of hydrogen-bond acceptors (Lipinski definition) is 3. The van der Waals surface area contributed by atoms with Crippen molar-refractivity contribution in [2.75, 3.05) is 19.7 Å². The fraction of sp³-hybridized carbons (Fsp3) is 0.267. The van der Waals surface area contributed by atoms with Gasteiger partial charge in [0.2, 0.25) is 0 Å². The van der Waals surface area contributed by atoms with Gasteiger partial charge in [-0.15, -0.1) is 35.3 Å². The summed E-state index contributed by atoms with van der Waals surface area (Å²) in [5.74, 6) is 0.592. The van der Waals surface area contributed by atoms with Gasteiger partial charge in [-0.2, -0.15) is 0 Å². The second-order valence-corrected chi connectivity index (χ2v) is 5.36. The number of nitrogens with two attached hydrogens (primary N) is 1. The van der Waals surface area contributed by atoms with Crippen LogP contribution in [0.5, 0.6) is 5.75 Å². The third kappa shape index (κ3) is 7.08. The third-order valence-corrected chi connectivity index (χ3v) is 3.63. The minimum atomic E-state index is -0.310. The molecule has 3 N–H and O–H groups in total. The van der Waals surface area contributed by atoms with E-state index in [2.05, 4.69) is 16.4 Å². The number of nitrogens with one attached hydrogen (secondary N) is 1. The summed E-state index contributed by atoms with van der Waals surface area (Å²) in [5, 5.41) is 5.01. The van der Waals surface area contributed by atoms with Crippen molar-refractivity contribution >= 4 is 41.3 Å². The van der Waals surface area contributed by atoms with Gasteiger partial charge in [0.1, 0.15) is 18.2 Å². The molecule has 7 heteroatoms. The summed E-state index contributed by atoms with van der Waals surface area (Å²) in [6.45, 7) is 1.57. The summed E-state index contributed by atoms with van der Waals surface area (Å²) < 4.78 is 18.3. The highest BCUT2D eigenvalue weighted by Gasteiger charge is 1.97. The molecule has 120 valence electrons. The van der Waals surface area contributed by atoms with Gasteiger partial charge in [-0.3, -0.25) is 4.99 Å². The van der Waals surface area contributed by atoms with E-state index in [9.17, 15) is 4.39 Å². The second-order valence-electron chi connectivity index (χ2n) is 4.33. The Bertz CT molecular complexity index is 578. The van der Waals surface area contributed by atoms with Gasteiger partial charge < -0.3 is 15.8 Å². The van der Waals surface area contributed by atoms with E-state index in [1.165, 1.54) is 17.0 Å². The first-order valence-corrected chi connectivity index (χ1v) is 7.56. The molecule has 0 aliphatic heterocycles. The zero-order valence-corrected chi connectivity index (χ0v) is 15.1. The van der Waals surface area contributed by atoms with Crippen LogP contribution >= 0.6 is 35.3 Å². The normalized spacial score (nSPS) is 10.9. The lowest BCUT2D eigenvalue weighted by Gasteiger charge is -2.08. The molecule has 0 unspecified atom stereocenters. The van der Waals surface area contributed by atoms with Gasteiger partial charge in [-0.1, -0.05) is 12.1 Å². The standard InChI is InChI=1S/C15H18FN3OS.HI/c16-12-3-1-4-13(11-12)20-9-8-19-15(17)18-7-6-14-5-2-10-21-14;/h1-5,10-11H,6-9H2,(H3,17,18,19);1H. The molecule has 0 saturated heterocycles. The van der Waals surface area contributed by atoms with Crippen LogP contribution in [0.25, 0.3) is 0 Å². The molecule has 0 atom stereocenters. The summed E-state index contributed by atoms with van der Waals surface area (Å²) in [7, 11) is 0. The molecular weight excluding hydrogens is 416 g/mol. The first-order valence-electron chi connectivity index (χ1n) is 6.68. The van der Waals surface area contributed by atoms with E-state index in [1.807, 2.05) is 11.4 Å². The van der Waals surface area contributed by atoms with Gasteiger partial charge in [-0.05, 0) is 23.6 Å². The Morgan fingerprint density at radius 2 is 2.18 bits per heavy atom. The largest absolute Gasteiger partial charge is 0.492 e. The molecule has 0 saturated carbocycles. The molecular formula is C15H19FIN3OS. The van der Waals surface area contributed by atoms with Gasteiger partial charge in [0.05, 0.1) is 6.54 Å². The Kier molecular flexibility index (Phi) is 8.83. The van der Waals surface area contributed by atoms with E-state index in [-0.39, 0.29) is 29.8 Å². The number of guanidine groups is 1. The molecule has 0 aliphatic rings. The average molecular weight is 435 g/mol. The number of ether oxygens (including phenoxy) is 1. The van der Waals surface area contributed by atoms with Crippen LogP contribution in [0.4, 0.5) is 4.39 Å². The van der Waals surface area contributed by atoms with Gasteiger partial charge >= 0.3 is 0 Å². The molecule has 4 nitrogen and oxygen atoms in total. The highest BCUT2D eigenvalue weighted by molar-refractivity contribution is 14.0. The van der Waals surface area contributed by atoms with Gasteiger partial charge in [0, 0.05) is 23.9 Å². The Hall–Kier alpha value is -1.35. The maximum atomic E-state index is 12.9. The minimum absolute atomic E-state index is 0. The van der Waals surface area contributed by atoms with Crippen molar-refractivity contribution in [2.45, 2.75) is 6.42 Å². The van der Waals surface area contributed by atoms with Crippen LogP contribution in [0.2, 0.25) is 0 Å². The lowest BCUT2D eigenvalue weighted by atomic mass is 10.3. The summed E-state index contributed by atoms with van der Waals surface area (Å²) in [6, 6.07) is 10.1. The molecule has 0 spiro atoms.